The van der Waals surface area contributed by atoms with Gasteiger partial charge >= 0.3 is 0 Å². The quantitative estimate of drug-likeness (QED) is 0.205. The highest BCUT2D eigenvalue weighted by Gasteiger charge is 2.29. The molecule has 240 valence electrons. The number of anilines is 1. The number of carbonyl (C=O) groups excluding carboxylic acids is 2. The molecule has 1 aliphatic carbocycles. The van der Waals surface area contributed by atoms with E-state index in [9.17, 15) is 14.4 Å². The lowest BCUT2D eigenvalue weighted by Crippen LogP contribution is -2.39. The van der Waals surface area contributed by atoms with Crippen LogP contribution in [-0.2, 0) is 22.4 Å². The van der Waals surface area contributed by atoms with Gasteiger partial charge in [0.15, 0.2) is 11.5 Å². The third kappa shape index (κ3) is 6.99. The van der Waals surface area contributed by atoms with Crippen molar-refractivity contribution in [2.24, 2.45) is 0 Å². The van der Waals surface area contributed by atoms with Crippen molar-refractivity contribution in [1.29, 1.82) is 0 Å². The molecule has 46 heavy (non-hydrogen) atoms. The van der Waals surface area contributed by atoms with Crippen LogP contribution in [0.15, 0.2) is 64.8 Å². The highest BCUT2D eigenvalue weighted by Crippen LogP contribution is 2.50. The molecule has 2 atom stereocenters. The zero-order valence-electron chi connectivity index (χ0n) is 26.6. The van der Waals surface area contributed by atoms with Crippen molar-refractivity contribution in [2.45, 2.75) is 45.2 Å². The van der Waals surface area contributed by atoms with Gasteiger partial charge in [0.25, 0.3) is 0 Å². The average molecular weight is 643 g/mol. The first-order valence-electron chi connectivity index (χ1n) is 15.1. The van der Waals surface area contributed by atoms with Crippen LogP contribution in [0, 0.1) is 0 Å². The van der Waals surface area contributed by atoms with Gasteiger partial charge in [0, 0.05) is 36.4 Å². The molecule has 0 saturated heterocycles. The van der Waals surface area contributed by atoms with Crippen molar-refractivity contribution in [1.82, 2.24) is 15.6 Å². The van der Waals surface area contributed by atoms with Gasteiger partial charge in [-0.3, -0.25) is 14.4 Å². The molecule has 3 aromatic carbocycles. The monoisotopic (exact) mass is 642 g/mol. The van der Waals surface area contributed by atoms with E-state index in [0.717, 1.165) is 27.4 Å². The van der Waals surface area contributed by atoms with Crippen LogP contribution in [0.25, 0.3) is 22.4 Å². The number of thiazole rings is 1. The summed E-state index contributed by atoms with van der Waals surface area (Å²) >= 11 is 1.56. The van der Waals surface area contributed by atoms with Crippen LogP contribution in [-0.4, -0.2) is 50.7 Å². The van der Waals surface area contributed by atoms with Crippen LogP contribution in [0.5, 0.6) is 17.2 Å². The Morgan fingerprint density at radius 1 is 1.02 bits per heavy atom. The molecular weight excluding hydrogens is 604 g/mol. The average Bonchev–Trinajstić information content (AvgIpc) is 3.41. The van der Waals surface area contributed by atoms with Crippen LogP contribution in [0.1, 0.15) is 42.4 Å². The molecule has 0 saturated carbocycles. The van der Waals surface area contributed by atoms with Gasteiger partial charge in [0.1, 0.15) is 6.04 Å². The predicted octanol–water partition coefficient (Wildman–Crippen LogP) is 5.15. The molecule has 2 amide bonds. The number of benzene rings is 2. The molecule has 11 heteroatoms. The highest BCUT2D eigenvalue weighted by atomic mass is 32.1. The Balaban J connectivity index is 1.38. The van der Waals surface area contributed by atoms with E-state index in [-0.39, 0.29) is 22.9 Å². The van der Waals surface area contributed by atoms with E-state index in [0.29, 0.717) is 54.2 Å². The number of aryl methyl sites for hydroxylation is 1. The molecule has 0 spiro atoms. The number of hydrogen-bond donors (Lipinski definition) is 3. The first kappa shape index (κ1) is 32.5. The van der Waals surface area contributed by atoms with Gasteiger partial charge < -0.3 is 30.2 Å². The van der Waals surface area contributed by atoms with Gasteiger partial charge in [0.2, 0.25) is 23.0 Å². The van der Waals surface area contributed by atoms with Crippen molar-refractivity contribution < 1.29 is 23.8 Å². The predicted molar refractivity (Wildman–Crippen MR) is 180 cm³/mol. The molecule has 2 unspecified atom stereocenters. The van der Waals surface area contributed by atoms with Crippen molar-refractivity contribution in [2.75, 3.05) is 33.2 Å². The molecule has 10 nitrogen and oxygen atoms in total. The summed E-state index contributed by atoms with van der Waals surface area (Å²) in [5, 5.41) is 12.0. The number of methoxy groups -OCH3 is 3. The summed E-state index contributed by atoms with van der Waals surface area (Å²) in [7, 11) is 4.66. The van der Waals surface area contributed by atoms with E-state index in [2.05, 4.69) is 20.9 Å². The zero-order chi connectivity index (χ0) is 32.8. The van der Waals surface area contributed by atoms with Crippen LogP contribution in [0.3, 0.4) is 0 Å². The number of aromatic nitrogens is 1. The first-order valence-corrected chi connectivity index (χ1v) is 15.9. The molecule has 0 fully saturated rings. The van der Waals surface area contributed by atoms with Crippen LogP contribution in [0.2, 0.25) is 0 Å². The molecular formula is C35H38N4O6S. The molecule has 1 aromatic heterocycles. The van der Waals surface area contributed by atoms with E-state index < -0.39 is 12.1 Å². The summed E-state index contributed by atoms with van der Waals surface area (Å²) in [4.78, 5) is 43.5. The van der Waals surface area contributed by atoms with Gasteiger partial charge in [-0.1, -0.05) is 36.4 Å². The minimum atomic E-state index is -0.691. The molecule has 1 aliphatic rings. The highest BCUT2D eigenvalue weighted by molar-refractivity contribution is 7.09. The summed E-state index contributed by atoms with van der Waals surface area (Å²) < 4.78 is 17.1. The number of ether oxygens (including phenoxy) is 3. The maximum absolute atomic E-state index is 13.6. The van der Waals surface area contributed by atoms with Crippen molar-refractivity contribution in [3.05, 3.63) is 86.3 Å². The summed E-state index contributed by atoms with van der Waals surface area (Å²) in [6.45, 7) is 3.57. The Morgan fingerprint density at radius 2 is 1.78 bits per heavy atom. The fourth-order valence-corrected chi connectivity index (χ4v) is 6.55. The first-order chi connectivity index (χ1) is 22.2. The molecule has 5 rings (SSSR count). The van der Waals surface area contributed by atoms with Gasteiger partial charge in [-0.25, -0.2) is 4.98 Å². The number of rotatable bonds is 11. The second-order valence-corrected chi connectivity index (χ2v) is 11.9. The van der Waals surface area contributed by atoms with Gasteiger partial charge in [-0.05, 0) is 54.7 Å². The zero-order valence-corrected chi connectivity index (χ0v) is 27.4. The smallest absolute Gasteiger partial charge is 0.242 e. The maximum atomic E-state index is 13.6. The lowest BCUT2D eigenvalue weighted by molar-refractivity contribution is -0.121. The van der Waals surface area contributed by atoms with E-state index in [1.165, 1.54) is 13.0 Å². The molecule has 0 bridgehead atoms. The minimum Gasteiger partial charge on any atom is -0.493 e. The van der Waals surface area contributed by atoms with Crippen molar-refractivity contribution >= 4 is 28.8 Å². The summed E-state index contributed by atoms with van der Waals surface area (Å²) in [5.74, 6) is 0.974. The number of nitrogens with zero attached hydrogens (tertiary/aromatic N) is 1. The van der Waals surface area contributed by atoms with Crippen molar-refractivity contribution in [3.63, 3.8) is 0 Å². The molecule has 0 aliphatic heterocycles. The summed E-state index contributed by atoms with van der Waals surface area (Å²) in [6, 6.07) is 15.8. The molecule has 0 radical (unpaired) electrons. The maximum Gasteiger partial charge on any atom is 0.242 e. The number of nitrogens with one attached hydrogen (secondary N) is 3. The Kier molecular flexibility index (Phi) is 10.2. The fourth-order valence-electron chi connectivity index (χ4n) is 5.74. The number of amides is 2. The number of fused-ring (bicyclic) bond motifs is 3. The Bertz CT molecular complexity index is 1790. The number of hydrogen-bond acceptors (Lipinski definition) is 9. The normalized spacial score (nSPS) is 14.2. The van der Waals surface area contributed by atoms with E-state index >= 15 is 0 Å². The summed E-state index contributed by atoms with van der Waals surface area (Å²) in [5.41, 5.74) is 4.96. The van der Waals surface area contributed by atoms with Gasteiger partial charge in [0.05, 0.1) is 43.8 Å². The molecule has 4 aromatic rings. The van der Waals surface area contributed by atoms with Crippen LogP contribution < -0.4 is 35.6 Å². The summed E-state index contributed by atoms with van der Waals surface area (Å²) in [6.07, 6.45) is 1.74. The van der Waals surface area contributed by atoms with Crippen LogP contribution in [0.4, 0.5) is 5.69 Å². The van der Waals surface area contributed by atoms with E-state index in [1.54, 1.807) is 45.7 Å². The van der Waals surface area contributed by atoms with Crippen LogP contribution >= 0.6 is 11.3 Å². The van der Waals surface area contributed by atoms with E-state index in [4.69, 9.17) is 14.2 Å². The standard InChI is InChI=1S/C35H38N4O6S/c1-20(35(42)36-16-15-31-39-28(19-46-31)22-9-7-6-8-10-22)37-27-14-12-24-25(18-29(27)41)26(38-21(2)40)13-11-23-17-30(43-3)33(44-4)34(45-5)32(23)24/h6-10,12,14,17-20,26H,11,13,15-16H2,1-5H3,(H,36,42)(H,37,41)(H,38,40). The Hall–Kier alpha value is -4.90. The molecule has 1 heterocycles. The SMILES string of the molecule is COc1cc2c(c(OC)c1OC)-c1ccc(NC(C)C(=O)NCCc3nc(-c4ccccc4)cs3)c(=O)cc1C(NC(C)=O)CC2. The van der Waals surface area contributed by atoms with E-state index in [1.807, 2.05) is 47.8 Å². The van der Waals surface area contributed by atoms with Gasteiger partial charge in [-0.15, -0.1) is 11.3 Å². The second kappa shape index (κ2) is 14.5. The second-order valence-electron chi connectivity index (χ2n) is 11.0. The fraction of sp³-hybridized carbons (Fsp3) is 0.314. The lowest BCUT2D eigenvalue weighted by atomic mass is 9.95. The largest absolute Gasteiger partial charge is 0.493 e. The third-order valence-corrected chi connectivity index (χ3v) is 8.85. The minimum absolute atomic E-state index is 0.208. The Morgan fingerprint density at radius 3 is 2.48 bits per heavy atom. The Labute approximate surface area is 272 Å². The lowest BCUT2D eigenvalue weighted by Gasteiger charge is -2.19. The van der Waals surface area contributed by atoms with Crippen molar-refractivity contribution in [3.8, 4) is 39.6 Å². The van der Waals surface area contributed by atoms with Gasteiger partial charge in [-0.2, -0.15) is 0 Å². The molecule has 3 N–H and O–H groups in total. The number of carbonyl (C=O) groups is 2. The third-order valence-electron chi connectivity index (χ3n) is 7.94. The topological polar surface area (TPSA) is 128 Å².